The molecule has 0 saturated carbocycles. The number of methoxy groups -OCH3 is 1. The molecule has 1 N–H and O–H groups in total. The number of ether oxygens (including phenoxy) is 1. The summed E-state index contributed by atoms with van der Waals surface area (Å²) in [5.74, 6) is -0.475. The van der Waals surface area contributed by atoms with Crippen LogP contribution in [-0.2, 0) is 9.53 Å². The Morgan fingerprint density at radius 2 is 1.86 bits per heavy atom. The van der Waals surface area contributed by atoms with Gasteiger partial charge in [0, 0.05) is 36.4 Å². The third-order valence-corrected chi connectivity index (χ3v) is 5.53. The van der Waals surface area contributed by atoms with Gasteiger partial charge in [-0.15, -0.1) is 0 Å². The van der Waals surface area contributed by atoms with Crippen molar-refractivity contribution in [2.45, 2.75) is 13.0 Å². The van der Waals surface area contributed by atoms with Gasteiger partial charge in [-0.1, -0.05) is 23.2 Å². The molecule has 1 fully saturated rings. The second-order valence-electron chi connectivity index (χ2n) is 6.98. The Kier molecular flexibility index (Phi) is 7.00. The van der Waals surface area contributed by atoms with Gasteiger partial charge in [-0.25, -0.2) is 4.79 Å². The minimum absolute atomic E-state index is 0.128. The molecule has 8 heteroatoms. The molecule has 1 heterocycles. The largest absolute Gasteiger partial charge is 0.465 e. The number of amides is 1. The van der Waals surface area contributed by atoms with Crippen molar-refractivity contribution in [2.24, 2.45) is 0 Å². The number of nitrogens with zero attached hydrogens (tertiary/aromatic N) is 2. The predicted molar refractivity (Wildman–Crippen MR) is 116 cm³/mol. The average Bonchev–Trinajstić information content (AvgIpc) is 2.71. The second-order valence-corrected chi connectivity index (χ2v) is 7.82. The molecular weight excluding hydrogens is 413 g/mol. The van der Waals surface area contributed by atoms with Gasteiger partial charge < -0.3 is 15.0 Å². The molecule has 29 heavy (non-hydrogen) atoms. The molecule has 1 unspecified atom stereocenters. The molecule has 2 aromatic rings. The molecule has 6 nitrogen and oxygen atoms in total. The average molecular weight is 436 g/mol. The van der Waals surface area contributed by atoms with E-state index in [2.05, 4.69) is 22.0 Å². The van der Waals surface area contributed by atoms with Crippen LogP contribution in [-0.4, -0.2) is 56.1 Å². The number of halogens is 2. The number of carbonyl (C=O) groups is 2. The summed E-state index contributed by atoms with van der Waals surface area (Å²) in [7, 11) is 1.37. The highest BCUT2D eigenvalue weighted by Crippen LogP contribution is 2.25. The van der Waals surface area contributed by atoms with Crippen molar-refractivity contribution in [1.82, 2.24) is 4.90 Å². The van der Waals surface area contributed by atoms with Crippen LogP contribution in [0.15, 0.2) is 42.5 Å². The first-order valence-corrected chi connectivity index (χ1v) is 10.0. The zero-order chi connectivity index (χ0) is 21.0. The SMILES string of the molecule is COC(=O)c1ccc(N2CCN(CC(=O)Nc3cc(Cl)ccc3Cl)C(C)C2)cc1. The lowest BCUT2D eigenvalue weighted by Crippen LogP contribution is -2.53. The summed E-state index contributed by atoms with van der Waals surface area (Å²) in [6.45, 7) is 4.68. The molecule has 154 valence electrons. The van der Waals surface area contributed by atoms with Gasteiger partial charge in [-0.2, -0.15) is 0 Å². The molecule has 0 aliphatic carbocycles. The van der Waals surface area contributed by atoms with Crippen LogP contribution < -0.4 is 10.2 Å². The fraction of sp³-hybridized carbons (Fsp3) is 0.333. The number of hydrogen-bond donors (Lipinski definition) is 1. The van der Waals surface area contributed by atoms with Gasteiger partial charge in [0.15, 0.2) is 0 Å². The Balaban J connectivity index is 1.56. The maximum atomic E-state index is 12.5. The molecule has 1 aliphatic rings. The van der Waals surface area contributed by atoms with Crippen molar-refractivity contribution in [3.05, 3.63) is 58.1 Å². The van der Waals surface area contributed by atoms with Gasteiger partial charge in [0.1, 0.15) is 0 Å². The highest BCUT2D eigenvalue weighted by molar-refractivity contribution is 6.35. The summed E-state index contributed by atoms with van der Waals surface area (Å²) in [5, 5.41) is 3.80. The van der Waals surface area contributed by atoms with Crippen molar-refractivity contribution in [1.29, 1.82) is 0 Å². The van der Waals surface area contributed by atoms with Crippen LogP contribution in [0.25, 0.3) is 0 Å². The Hall–Kier alpha value is -2.28. The van der Waals surface area contributed by atoms with Gasteiger partial charge in [0.25, 0.3) is 0 Å². The molecule has 1 saturated heterocycles. The fourth-order valence-electron chi connectivity index (χ4n) is 3.36. The van der Waals surface area contributed by atoms with E-state index < -0.39 is 0 Å². The van der Waals surface area contributed by atoms with E-state index in [-0.39, 0.29) is 24.5 Å². The predicted octanol–water partition coefficient (Wildman–Crippen LogP) is 3.93. The summed E-state index contributed by atoms with van der Waals surface area (Å²) < 4.78 is 4.73. The molecule has 0 spiro atoms. The van der Waals surface area contributed by atoms with Crippen LogP contribution >= 0.6 is 23.2 Å². The first-order chi connectivity index (χ1) is 13.9. The van der Waals surface area contributed by atoms with Crippen molar-refractivity contribution in [3.63, 3.8) is 0 Å². The minimum Gasteiger partial charge on any atom is -0.465 e. The summed E-state index contributed by atoms with van der Waals surface area (Å²) >= 11 is 12.1. The Morgan fingerprint density at radius 1 is 1.14 bits per heavy atom. The molecule has 1 atom stereocenters. The van der Waals surface area contributed by atoms with Gasteiger partial charge in [0.05, 0.1) is 29.9 Å². The van der Waals surface area contributed by atoms with E-state index in [1.165, 1.54) is 7.11 Å². The van der Waals surface area contributed by atoms with Gasteiger partial charge in [0.2, 0.25) is 5.91 Å². The third-order valence-electron chi connectivity index (χ3n) is 4.97. The van der Waals surface area contributed by atoms with Crippen molar-refractivity contribution in [3.8, 4) is 0 Å². The van der Waals surface area contributed by atoms with E-state index >= 15 is 0 Å². The lowest BCUT2D eigenvalue weighted by molar-refractivity contribution is -0.117. The van der Waals surface area contributed by atoms with Crippen LogP contribution in [0.4, 0.5) is 11.4 Å². The number of nitrogens with one attached hydrogen (secondary N) is 1. The smallest absolute Gasteiger partial charge is 0.337 e. The number of rotatable bonds is 5. The van der Waals surface area contributed by atoms with Crippen molar-refractivity contribution >= 4 is 46.5 Å². The molecule has 0 bridgehead atoms. The van der Waals surface area contributed by atoms with E-state index in [1.807, 2.05) is 12.1 Å². The highest BCUT2D eigenvalue weighted by Gasteiger charge is 2.25. The van der Waals surface area contributed by atoms with Crippen LogP contribution in [0.1, 0.15) is 17.3 Å². The summed E-state index contributed by atoms with van der Waals surface area (Å²) in [5.41, 5.74) is 2.08. The van der Waals surface area contributed by atoms with Crippen LogP contribution in [0.3, 0.4) is 0 Å². The normalized spacial score (nSPS) is 17.1. The first-order valence-electron chi connectivity index (χ1n) is 9.29. The maximum absolute atomic E-state index is 12.5. The molecule has 3 rings (SSSR count). The third kappa shape index (κ3) is 5.41. The van der Waals surface area contributed by atoms with Crippen molar-refractivity contribution in [2.75, 3.05) is 43.5 Å². The summed E-state index contributed by atoms with van der Waals surface area (Å²) in [4.78, 5) is 28.4. The number of piperazine rings is 1. The zero-order valence-electron chi connectivity index (χ0n) is 16.3. The number of hydrogen-bond acceptors (Lipinski definition) is 5. The summed E-state index contributed by atoms with van der Waals surface area (Å²) in [6, 6.07) is 12.5. The molecule has 0 radical (unpaired) electrons. The van der Waals surface area contributed by atoms with Crippen LogP contribution in [0, 0.1) is 0 Å². The molecule has 0 aromatic heterocycles. The van der Waals surface area contributed by atoms with E-state index in [0.717, 1.165) is 25.3 Å². The van der Waals surface area contributed by atoms with Crippen LogP contribution in [0.2, 0.25) is 10.0 Å². The lowest BCUT2D eigenvalue weighted by Gasteiger charge is -2.40. The van der Waals surface area contributed by atoms with E-state index in [9.17, 15) is 9.59 Å². The van der Waals surface area contributed by atoms with Crippen molar-refractivity contribution < 1.29 is 14.3 Å². The monoisotopic (exact) mass is 435 g/mol. The fourth-order valence-corrected chi connectivity index (χ4v) is 3.70. The van der Waals surface area contributed by atoms with Crippen LogP contribution in [0.5, 0.6) is 0 Å². The molecule has 1 aliphatic heterocycles. The number of esters is 1. The minimum atomic E-state index is -0.347. The molecule has 1 amide bonds. The van der Waals surface area contributed by atoms with E-state index in [1.54, 1.807) is 30.3 Å². The molecule has 2 aromatic carbocycles. The van der Waals surface area contributed by atoms with Gasteiger partial charge in [-0.05, 0) is 49.4 Å². The Bertz CT molecular complexity index is 889. The topological polar surface area (TPSA) is 61.9 Å². The lowest BCUT2D eigenvalue weighted by atomic mass is 10.1. The van der Waals surface area contributed by atoms with Gasteiger partial charge in [-0.3, -0.25) is 9.69 Å². The summed E-state index contributed by atoms with van der Waals surface area (Å²) in [6.07, 6.45) is 0. The van der Waals surface area contributed by atoms with E-state index in [0.29, 0.717) is 21.3 Å². The number of carbonyl (C=O) groups excluding carboxylic acids is 2. The zero-order valence-corrected chi connectivity index (χ0v) is 17.8. The molecular formula is C21H23Cl2N3O3. The van der Waals surface area contributed by atoms with E-state index in [4.69, 9.17) is 27.9 Å². The Morgan fingerprint density at radius 3 is 2.52 bits per heavy atom. The quantitative estimate of drug-likeness (QED) is 0.720. The maximum Gasteiger partial charge on any atom is 0.337 e. The number of benzene rings is 2. The number of anilines is 2. The van der Waals surface area contributed by atoms with Gasteiger partial charge >= 0.3 is 5.97 Å². The standard InChI is InChI=1S/C21H23Cl2N3O3/c1-14-12-26(17-6-3-15(4-7-17)21(28)29-2)10-9-25(14)13-20(27)24-19-11-16(22)5-8-18(19)23/h3-8,11,14H,9-10,12-13H2,1-2H3,(H,24,27). The first kappa shape index (κ1) is 21.4. The second kappa shape index (κ2) is 9.48. The highest BCUT2D eigenvalue weighted by atomic mass is 35.5. The Labute approximate surface area is 180 Å².